The lowest BCUT2D eigenvalue weighted by atomic mass is 10.2. The van der Waals surface area contributed by atoms with Gasteiger partial charge in [0.1, 0.15) is 0 Å². The molecule has 0 aliphatic rings. The Balaban J connectivity index is -0.0000000213. The molecule has 0 spiro atoms. The van der Waals surface area contributed by atoms with Crippen molar-refractivity contribution in [3.63, 3.8) is 0 Å². The van der Waals surface area contributed by atoms with Crippen LogP contribution in [0.5, 0.6) is 0 Å². The van der Waals surface area contributed by atoms with Gasteiger partial charge in [0.25, 0.3) is 0 Å². The van der Waals surface area contributed by atoms with E-state index in [9.17, 15) is 0 Å². The molecular formula is C13H40O2. The molecule has 0 fully saturated rings. The molecule has 0 bridgehead atoms. The number of rotatable bonds is 5. The highest BCUT2D eigenvalue weighted by Crippen LogP contribution is 1.91. The Labute approximate surface area is 101 Å². The maximum atomic E-state index is 5.21. The van der Waals surface area contributed by atoms with Crippen molar-refractivity contribution in [2.24, 2.45) is 5.92 Å². The minimum Gasteiger partial charge on any atom is -0.382 e. The summed E-state index contributed by atoms with van der Waals surface area (Å²) in [4.78, 5) is 0. The van der Waals surface area contributed by atoms with Gasteiger partial charge in [-0.15, -0.1) is 0 Å². The third-order valence-electron chi connectivity index (χ3n) is 0.883. The first-order valence-corrected chi connectivity index (χ1v) is 3.34. The van der Waals surface area contributed by atoms with Crippen molar-refractivity contribution in [2.75, 3.05) is 26.9 Å². The molecule has 0 aliphatic heterocycles. The van der Waals surface area contributed by atoms with E-state index in [0.717, 1.165) is 6.61 Å². The Bertz CT molecular complexity index is 54.5. The summed E-state index contributed by atoms with van der Waals surface area (Å²) in [5.74, 6) is 0.627. The van der Waals surface area contributed by atoms with E-state index in [1.807, 2.05) is 0 Å². The molecule has 0 heterocycles. The van der Waals surface area contributed by atoms with Crippen LogP contribution in [0.25, 0.3) is 0 Å². The smallest absolute Gasteiger partial charge is 0.0700 e. The summed E-state index contributed by atoms with van der Waals surface area (Å²) in [6.45, 7) is 6.52. The average Bonchev–Trinajstić information content (AvgIpc) is 1.80. The van der Waals surface area contributed by atoms with Gasteiger partial charge in [-0.3, -0.25) is 0 Å². The van der Waals surface area contributed by atoms with E-state index in [1.54, 1.807) is 7.11 Å². The molecule has 0 atom stereocenters. The van der Waals surface area contributed by atoms with Gasteiger partial charge in [0.15, 0.2) is 0 Å². The summed E-state index contributed by atoms with van der Waals surface area (Å²) in [7, 11) is 1.68. The number of methoxy groups -OCH3 is 1. The van der Waals surface area contributed by atoms with Gasteiger partial charge >= 0.3 is 0 Å². The predicted octanol–water partition coefficient (Wildman–Crippen LogP) is 5.12. The summed E-state index contributed by atoms with van der Waals surface area (Å²) < 4.78 is 10.0. The van der Waals surface area contributed by atoms with Crippen LogP contribution >= 0.6 is 0 Å². The zero-order valence-corrected chi connectivity index (χ0v) is 6.52. The highest BCUT2D eigenvalue weighted by molar-refractivity contribution is 4.38. The summed E-state index contributed by atoms with van der Waals surface area (Å²) in [5, 5.41) is 0. The van der Waals surface area contributed by atoms with Crippen molar-refractivity contribution in [1.82, 2.24) is 0 Å². The van der Waals surface area contributed by atoms with Crippen LogP contribution in [0.3, 0.4) is 0 Å². The second-order valence-electron chi connectivity index (χ2n) is 2.46. The van der Waals surface area contributed by atoms with Gasteiger partial charge in [-0.25, -0.2) is 0 Å². The standard InChI is InChI=1S/C7H16O2.6CH4/c1-7(2)6-9-5-4-8-3;;;;;;/h7H,4-6H2,1-3H3;6*1H4. The zero-order chi connectivity index (χ0) is 7.11. The maximum absolute atomic E-state index is 5.21. The highest BCUT2D eigenvalue weighted by Gasteiger charge is 1.91. The number of hydrogen-bond acceptors (Lipinski definition) is 2. The molecule has 0 saturated carbocycles. The fourth-order valence-corrected chi connectivity index (χ4v) is 0.461. The van der Waals surface area contributed by atoms with Crippen molar-refractivity contribution < 1.29 is 9.47 Å². The Morgan fingerprint density at radius 1 is 0.800 bits per heavy atom. The van der Waals surface area contributed by atoms with E-state index in [4.69, 9.17) is 9.47 Å². The van der Waals surface area contributed by atoms with Gasteiger partial charge in [-0.1, -0.05) is 58.4 Å². The normalized spacial score (nSPS) is 6.40. The molecule has 2 nitrogen and oxygen atoms in total. The van der Waals surface area contributed by atoms with E-state index in [0.29, 0.717) is 19.1 Å². The van der Waals surface area contributed by atoms with Crippen molar-refractivity contribution in [1.29, 1.82) is 0 Å². The van der Waals surface area contributed by atoms with Gasteiger partial charge in [0.2, 0.25) is 0 Å². The van der Waals surface area contributed by atoms with Crippen LogP contribution in [0.1, 0.15) is 58.4 Å². The zero-order valence-electron chi connectivity index (χ0n) is 6.52. The summed E-state index contributed by atoms with van der Waals surface area (Å²) in [6.07, 6.45) is 0. The molecule has 0 aromatic rings. The first kappa shape index (κ1) is 46.1. The molecule has 0 rings (SSSR count). The van der Waals surface area contributed by atoms with E-state index in [-0.39, 0.29) is 44.6 Å². The molecule has 0 N–H and O–H groups in total. The Hall–Kier alpha value is -0.0800. The van der Waals surface area contributed by atoms with Crippen molar-refractivity contribution in [2.45, 2.75) is 58.4 Å². The first-order chi connectivity index (χ1) is 4.27. The molecule has 0 saturated heterocycles. The summed E-state index contributed by atoms with van der Waals surface area (Å²) >= 11 is 0. The van der Waals surface area contributed by atoms with Crippen LogP contribution in [-0.4, -0.2) is 26.9 Å². The Morgan fingerprint density at radius 2 is 1.20 bits per heavy atom. The lowest BCUT2D eigenvalue weighted by Gasteiger charge is -2.04. The van der Waals surface area contributed by atoms with Crippen molar-refractivity contribution >= 4 is 0 Å². The fourth-order valence-electron chi connectivity index (χ4n) is 0.461. The minimum atomic E-state index is 0. The Kier molecular flexibility index (Phi) is 114. The lowest BCUT2D eigenvalue weighted by molar-refractivity contribution is 0.0572. The quantitative estimate of drug-likeness (QED) is 0.608. The van der Waals surface area contributed by atoms with Crippen LogP contribution in [0.15, 0.2) is 0 Å². The van der Waals surface area contributed by atoms with Crippen LogP contribution < -0.4 is 0 Å². The molecule has 0 aliphatic carbocycles. The number of hydrogen-bond donors (Lipinski definition) is 0. The number of ether oxygens (including phenoxy) is 2. The average molecular weight is 228 g/mol. The molecule has 15 heavy (non-hydrogen) atoms. The molecule has 0 unspecified atom stereocenters. The third kappa shape index (κ3) is 56.4. The third-order valence-corrected chi connectivity index (χ3v) is 0.883. The Morgan fingerprint density at radius 3 is 1.47 bits per heavy atom. The van der Waals surface area contributed by atoms with Crippen molar-refractivity contribution in [3.8, 4) is 0 Å². The molecule has 0 amide bonds. The highest BCUT2D eigenvalue weighted by atomic mass is 16.5. The largest absolute Gasteiger partial charge is 0.382 e. The molecule has 2 heteroatoms. The lowest BCUT2D eigenvalue weighted by Crippen LogP contribution is -2.06. The first-order valence-electron chi connectivity index (χ1n) is 3.34. The van der Waals surface area contributed by atoms with Gasteiger partial charge in [0.05, 0.1) is 13.2 Å². The van der Waals surface area contributed by atoms with Gasteiger partial charge in [0, 0.05) is 13.7 Å². The van der Waals surface area contributed by atoms with Gasteiger partial charge < -0.3 is 9.47 Å². The van der Waals surface area contributed by atoms with E-state index < -0.39 is 0 Å². The second kappa shape index (κ2) is 37.0. The van der Waals surface area contributed by atoms with Gasteiger partial charge in [-0.2, -0.15) is 0 Å². The van der Waals surface area contributed by atoms with Crippen LogP contribution in [-0.2, 0) is 9.47 Å². The molecule has 0 aromatic heterocycles. The van der Waals surface area contributed by atoms with Gasteiger partial charge in [-0.05, 0) is 5.92 Å². The SMILES string of the molecule is C.C.C.C.C.C.COCCOCC(C)C. The van der Waals surface area contributed by atoms with Crippen LogP contribution in [0.2, 0.25) is 0 Å². The fraction of sp³-hybridized carbons (Fsp3) is 1.00. The predicted molar refractivity (Wildman–Crippen MR) is 77.9 cm³/mol. The molecular weight excluding hydrogens is 188 g/mol. The van der Waals surface area contributed by atoms with E-state index >= 15 is 0 Å². The summed E-state index contributed by atoms with van der Waals surface area (Å²) in [6, 6.07) is 0. The summed E-state index contributed by atoms with van der Waals surface area (Å²) in [5.41, 5.74) is 0. The van der Waals surface area contributed by atoms with Crippen molar-refractivity contribution in [3.05, 3.63) is 0 Å². The van der Waals surface area contributed by atoms with Crippen LogP contribution in [0, 0.1) is 5.92 Å². The molecule has 0 aromatic carbocycles. The van der Waals surface area contributed by atoms with E-state index in [1.165, 1.54) is 0 Å². The van der Waals surface area contributed by atoms with E-state index in [2.05, 4.69) is 13.8 Å². The monoisotopic (exact) mass is 228 g/mol. The second-order valence-corrected chi connectivity index (χ2v) is 2.46. The van der Waals surface area contributed by atoms with Crippen LogP contribution in [0.4, 0.5) is 0 Å². The molecule has 0 radical (unpaired) electrons. The minimum absolute atomic E-state index is 0. The maximum Gasteiger partial charge on any atom is 0.0700 e. The molecule has 104 valence electrons. The topological polar surface area (TPSA) is 18.5 Å².